The molecule has 0 spiro atoms. The third-order valence-electron chi connectivity index (χ3n) is 4.58. The van der Waals surface area contributed by atoms with Crippen LogP contribution in [0.1, 0.15) is 22.5 Å². The average molecular weight is 463 g/mol. The smallest absolute Gasteiger partial charge is 0.318 e. The molecule has 10 heteroatoms. The highest BCUT2D eigenvalue weighted by Gasteiger charge is 2.34. The second kappa shape index (κ2) is 9.27. The van der Waals surface area contributed by atoms with Crippen molar-refractivity contribution >= 4 is 35.3 Å². The summed E-state index contributed by atoms with van der Waals surface area (Å²) >= 11 is 5.83. The molecule has 0 aliphatic heterocycles. The van der Waals surface area contributed by atoms with Gasteiger partial charge in [-0.1, -0.05) is 29.8 Å². The summed E-state index contributed by atoms with van der Waals surface area (Å²) in [6.45, 7) is 3.30. The fraction of sp³-hybridized carbons (Fsp3) is 0.136. The first kappa shape index (κ1) is 23.1. The van der Waals surface area contributed by atoms with Crippen LogP contribution in [-0.4, -0.2) is 22.6 Å². The van der Waals surface area contributed by atoms with Gasteiger partial charge in [-0.05, 0) is 50.2 Å². The van der Waals surface area contributed by atoms with Crippen LogP contribution < -0.4 is 10.7 Å². The zero-order valence-electron chi connectivity index (χ0n) is 17.0. The van der Waals surface area contributed by atoms with Crippen LogP contribution in [0.5, 0.6) is 0 Å². The van der Waals surface area contributed by atoms with Gasteiger partial charge in [-0.3, -0.25) is 9.59 Å². The number of rotatable bonds is 4. The second-order valence-electron chi connectivity index (χ2n) is 6.84. The van der Waals surface area contributed by atoms with Gasteiger partial charge in [-0.2, -0.15) is 18.3 Å². The number of benzene rings is 2. The van der Waals surface area contributed by atoms with Crippen molar-refractivity contribution in [2.24, 2.45) is 5.10 Å². The van der Waals surface area contributed by atoms with Crippen molar-refractivity contribution < 1.29 is 22.8 Å². The highest BCUT2D eigenvalue weighted by molar-refractivity contribution is 6.39. The summed E-state index contributed by atoms with van der Waals surface area (Å²) in [6, 6.07) is 13.1. The van der Waals surface area contributed by atoms with Gasteiger partial charge in [0.25, 0.3) is 0 Å². The molecule has 2 amide bonds. The van der Waals surface area contributed by atoms with E-state index in [1.807, 2.05) is 0 Å². The van der Waals surface area contributed by atoms with Crippen molar-refractivity contribution in [2.75, 3.05) is 5.32 Å². The molecule has 0 aliphatic rings. The second-order valence-corrected chi connectivity index (χ2v) is 7.28. The largest absolute Gasteiger partial charge is 0.418 e. The van der Waals surface area contributed by atoms with Crippen molar-refractivity contribution in [1.82, 2.24) is 9.99 Å². The molecule has 0 atom stereocenters. The Morgan fingerprint density at radius 3 is 2.44 bits per heavy atom. The number of alkyl halides is 3. The number of halogens is 4. The monoisotopic (exact) mass is 462 g/mol. The summed E-state index contributed by atoms with van der Waals surface area (Å²) in [5.74, 6) is -1.97. The van der Waals surface area contributed by atoms with Crippen LogP contribution >= 0.6 is 11.6 Å². The van der Waals surface area contributed by atoms with Crippen molar-refractivity contribution in [3.63, 3.8) is 0 Å². The molecular weight excluding hydrogens is 445 g/mol. The number of hydrogen-bond acceptors (Lipinski definition) is 3. The van der Waals surface area contributed by atoms with E-state index in [0.29, 0.717) is 27.7 Å². The molecule has 2 N–H and O–H groups in total. The Balaban J connectivity index is 1.76. The van der Waals surface area contributed by atoms with Crippen LogP contribution in [0.15, 0.2) is 59.7 Å². The quantitative estimate of drug-likeness (QED) is 0.330. The van der Waals surface area contributed by atoms with E-state index in [1.54, 1.807) is 38.1 Å². The number of para-hydroxylation sites is 1. The molecular formula is C22H18ClF3N4O2. The first-order valence-corrected chi connectivity index (χ1v) is 9.71. The predicted octanol–water partition coefficient (Wildman–Crippen LogP) is 4.86. The van der Waals surface area contributed by atoms with Crippen LogP contribution in [0.4, 0.5) is 18.9 Å². The number of hydrazone groups is 1. The topological polar surface area (TPSA) is 75.5 Å². The van der Waals surface area contributed by atoms with Gasteiger partial charge >= 0.3 is 18.0 Å². The number of nitrogens with zero attached hydrogens (tertiary/aromatic N) is 2. The average Bonchev–Trinajstić information content (AvgIpc) is 3.00. The lowest BCUT2D eigenvalue weighted by atomic mass is 10.1. The summed E-state index contributed by atoms with van der Waals surface area (Å²) in [5, 5.41) is 6.52. The van der Waals surface area contributed by atoms with Crippen LogP contribution in [0, 0.1) is 13.8 Å². The molecule has 1 heterocycles. The first-order chi connectivity index (χ1) is 15.1. The van der Waals surface area contributed by atoms with E-state index in [9.17, 15) is 22.8 Å². The molecule has 0 bridgehead atoms. The summed E-state index contributed by atoms with van der Waals surface area (Å²) in [4.78, 5) is 23.9. The first-order valence-electron chi connectivity index (χ1n) is 9.33. The highest BCUT2D eigenvalue weighted by atomic mass is 35.5. The zero-order valence-corrected chi connectivity index (χ0v) is 17.8. The van der Waals surface area contributed by atoms with Gasteiger partial charge in [0.2, 0.25) is 0 Å². The minimum absolute atomic E-state index is 0.0143. The maximum atomic E-state index is 13.4. The molecule has 1 aromatic heterocycles. The number of anilines is 1. The summed E-state index contributed by atoms with van der Waals surface area (Å²) in [7, 11) is 0. The Morgan fingerprint density at radius 2 is 1.75 bits per heavy atom. The van der Waals surface area contributed by atoms with Crippen molar-refractivity contribution in [3.8, 4) is 5.69 Å². The molecule has 0 saturated heterocycles. The maximum Gasteiger partial charge on any atom is 0.418 e. The standard InChI is InChI=1S/C22H18ClF3N4O2/c1-13-10-15(14(2)30(13)19-9-4-3-8-18(19)22(24,25)26)12-27-29-21(32)20(31)28-17-7-5-6-16(23)11-17/h3-12H,1-2H3,(H,28,31)(H,29,32)/b27-12-. The number of aryl methyl sites for hydroxylation is 1. The summed E-state index contributed by atoms with van der Waals surface area (Å²) in [6.07, 6.45) is -3.25. The van der Waals surface area contributed by atoms with E-state index in [2.05, 4.69) is 15.8 Å². The van der Waals surface area contributed by atoms with Gasteiger partial charge in [0, 0.05) is 27.7 Å². The molecule has 3 rings (SSSR count). The zero-order chi connectivity index (χ0) is 23.5. The molecule has 0 saturated carbocycles. The number of carbonyl (C=O) groups excluding carboxylic acids is 2. The summed E-state index contributed by atoms with van der Waals surface area (Å²) < 4.78 is 41.7. The lowest BCUT2D eigenvalue weighted by Gasteiger charge is -2.16. The minimum atomic E-state index is -4.52. The van der Waals surface area contributed by atoms with Crippen molar-refractivity contribution in [3.05, 3.63) is 82.1 Å². The van der Waals surface area contributed by atoms with Crippen LogP contribution in [0.2, 0.25) is 5.02 Å². The van der Waals surface area contributed by atoms with Gasteiger partial charge in [0.05, 0.1) is 17.5 Å². The van der Waals surface area contributed by atoms with E-state index in [1.165, 1.54) is 35.0 Å². The van der Waals surface area contributed by atoms with Crippen LogP contribution in [-0.2, 0) is 15.8 Å². The summed E-state index contributed by atoms with van der Waals surface area (Å²) in [5.41, 5.74) is 3.17. The Morgan fingerprint density at radius 1 is 1.03 bits per heavy atom. The van der Waals surface area contributed by atoms with E-state index >= 15 is 0 Å². The van der Waals surface area contributed by atoms with Gasteiger partial charge in [-0.25, -0.2) is 5.43 Å². The van der Waals surface area contributed by atoms with E-state index in [4.69, 9.17) is 11.6 Å². The van der Waals surface area contributed by atoms with Crippen LogP contribution in [0.3, 0.4) is 0 Å². The fourth-order valence-corrected chi connectivity index (χ4v) is 3.35. The highest BCUT2D eigenvalue weighted by Crippen LogP contribution is 2.35. The Labute approximate surface area is 186 Å². The van der Waals surface area contributed by atoms with Gasteiger partial charge in [0.15, 0.2) is 0 Å². The van der Waals surface area contributed by atoms with Gasteiger partial charge in [0.1, 0.15) is 0 Å². The number of carbonyl (C=O) groups is 2. The van der Waals surface area contributed by atoms with E-state index in [-0.39, 0.29) is 5.69 Å². The third-order valence-corrected chi connectivity index (χ3v) is 4.81. The third kappa shape index (κ3) is 5.17. The number of nitrogens with one attached hydrogen (secondary N) is 2. The van der Waals surface area contributed by atoms with Gasteiger partial charge in [-0.15, -0.1) is 0 Å². The molecule has 2 aromatic carbocycles. The number of aromatic nitrogens is 1. The van der Waals surface area contributed by atoms with Crippen molar-refractivity contribution in [1.29, 1.82) is 0 Å². The molecule has 0 radical (unpaired) electrons. The molecule has 6 nitrogen and oxygen atoms in total. The lowest BCUT2D eigenvalue weighted by Crippen LogP contribution is -2.32. The Bertz CT molecular complexity index is 1200. The maximum absolute atomic E-state index is 13.4. The van der Waals surface area contributed by atoms with Crippen LogP contribution in [0.25, 0.3) is 5.69 Å². The molecule has 166 valence electrons. The molecule has 32 heavy (non-hydrogen) atoms. The Kier molecular flexibility index (Phi) is 6.69. The van der Waals surface area contributed by atoms with E-state index < -0.39 is 23.6 Å². The molecule has 3 aromatic rings. The number of hydrogen-bond donors (Lipinski definition) is 2. The lowest BCUT2D eigenvalue weighted by molar-refractivity contribution is -0.137. The molecule has 0 aliphatic carbocycles. The van der Waals surface area contributed by atoms with Crippen molar-refractivity contribution in [2.45, 2.75) is 20.0 Å². The Hall–Kier alpha value is -3.59. The normalized spacial score (nSPS) is 11.6. The molecule has 0 unspecified atom stereocenters. The predicted molar refractivity (Wildman–Crippen MR) is 116 cm³/mol. The number of amides is 2. The molecule has 0 fully saturated rings. The van der Waals surface area contributed by atoms with E-state index in [0.717, 1.165) is 6.07 Å². The fourth-order valence-electron chi connectivity index (χ4n) is 3.16. The SMILES string of the molecule is Cc1cc(/C=N\NC(=O)C(=O)Nc2cccc(Cl)c2)c(C)n1-c1ccccc1C(F)(F)F. The minimum Gasteiger partial charge on any atom is -0.318 e. The van der Waals surface area contributed by atoms with Gasteiger partial charge < -0.3 is 9.88 Å².